The van der Waals surface area contributed by atoms with Crippen LogP contribution in [0.3, 0.4) is 0 Å². The van der Waals surface area contributed by atoms with Gasteiger partial charge in [-0.25, -0.2) is 4.98 Å². The van der Waals surface area contributed by atoms with Crippen LogP contribution in [0.25, 0.3) is 10.9 Å². The Balaban J connectivity index is 1.98. The molecular weight excluding hydrogens is 266 g/mol. The van der Waals surface area contributed by atoms with Gasteiger partial charge in [-0.05, 0) is 26.0 Å². The first kappa shape index (κ1) is 13.5. The Hall–Kier alpha value is -2.43. The molecule has 0 saturated carbocycles. The van der Waals surface area contributed by atoms with Gasteiger partial charge >= 0.3 is 0 Å². The Morgan fingerprint density at radius 3 is 2.81 bits per heavy atom. The summed E-state index contributed by atoms with van der Waals surface area (Å²) in [5, 5.41) is 3.78. The number of amides is 2. The van der Waals surface area contributed by atoms with Gasteiger partial charge in [0.15, 0.2) is 0 Å². The van der Waals surface area contributed by atoms with E-state index in [0.29, 0.717) is 18.8 Å². The van der Waals surface area contributed by atoms with Crippen LogP contribution < -0.4 is 5.32 Å². The molecule has 5 heteroatoms. The third kappa shape index (κ3) is 2.24. The van der Waals surface area contributed by atoms with Crippen LogP contribution in [0.15, 0.2) is 36.4 Å². The van der Waals surface area contributed by atoms with Crippen molar-refractivity contribution in [2.45, 2.75) is 19.4 Å². The van der Waals surface area contributed by atoms with Crippen molar-refractivity contribution >= 4 is 22.7 Å². The van der Waals surface area contributed by atoms with E-state index in [2.05, 4.69) is 10.3 Å². The highest BCUT2D eigenvalue weighted by Crippen LogP contribution is 2.21. The lowest BCUT2D eigenvalue weighted by atomic mass is 9.98. The molecule has 0 atom stereocenters. The zero-order chi connectivity index (χ0) is 15.0. The Labute approximate surface area is 123 Å². The van der Waals surface area contributed by atoms with Crippen LogP contribution in [-0.2, 0) is 4.79 Å². The molecule has 0 unspecified atom stereocenters. The maximum atomic E-state index is 12.7. The number of nitrogens with zero attached hydrogens (tertiary/aromatic N) is 2. The Morgan fingerprint density at radius 2 is 2.00 bits per heavy atom. The van der Waals surface area contributed by atoms with Gasteiger partial charge in [-0.3, -0.25) is 9.59 Å². The number of hydrogen-bond acceptors (Lipinski definition) is 3. The lowest BCUT2D eigenvalue weighted by Crippen LogP contribution is -2.63. The first-order valence-corrected chi connectivity index (χ1v) is 6.96. The molecular formula is C16H17N3O2. The molecule has 1 N–H and O–H groups in total. The van der Waals surface area contributed by atoms with E-state index in [1.165, 1.54) is 0 Å². The molecule has 0 bridgehead atoms. The van der Waals surface area contributed by atoms with E-state index in [-0.39, 0.29) is 11.8 Å². The van der Waals surface area contributed by atoms with Crippen molar-refractivity contribution in [3.05, 3.63) is 42.1 Å². The highest BCUT2D eigenvalue weighted by atomic mass is 16.2. The number of para-hydroxylation sites is 1. The molecule has 2 amide bonds. The number of carbonyl (C=O) groups is 2. The minimum Gasteiger partial charge on any atom is -0.352 e. The number of carbonyl (C=O) groups excluding carboxylic acids is 2. The average molecular weight is 283 g/mol. The van der Waals surface area contributed by atoms with E-state index in [9.17, 15) is 9.59 Å². The van der Waals surface area contributed by atoms with E-state index < -0.39 is 5.54 Å². The summed E-state index contributed by atoms with van der Waals surface area (Å²) in [6.45, 7) is 4.47. The smallest absolute Gasteiger partial charge is 0.273 e. The Kier molecular flexibility index (Phi) is 3.12. The lowest BCUT2D eigenvalue weighted by Gasteiger charge is -2.40. The van der Waals surface area contributed by atoms with E-state index in [4.69, 9.17) is 0 Å². The summed E-state index contributed by atoms with van der Waals surface area (Å²) in [7, 11) is 0. The van der Waals surface area contributed by atoms with Gasteiger partial charge in [0.05, 0.1) is 5.52 Å². The average Bonchev–Trinajstić information content (AvgIpc) is 2.49. The summed E-state index contributed by atoms with van der Waals surface area (Å²) < 4.78 is 0. The highest BCUT2D eigenvalue weighted by molar-refractivity contribution is 5.99. The SMILES string of the molecule is CC1(C)C(=O)NCCN1C(=O)c1ccc2ccccc2n1. The van der Waals surface area contributed by atoms with Gasteiger partial charge < -0.3 is 10.2 Å². The van der Waals surface area contributed by atoms with Gasteiger partial charge in [-0.2, -0.15) is 0 Å². The van der Waals surface area contributed by atoms with Crippen LogP contribution in [0.5, 0.6) is 0 Å². The van der Waals surface area contributed by atoms with Crippen molar-refractivity contribution in [1.82, 2.24) is 15.2 Å². The fourth-order valence-electron chi connectivity index (χ4n) is 2.58. The van der Waals surface area contributed by atoms with Gasteiger partial charge in [0.25, 0.3) is 5.91 Å². The maximum Gasteiger partial charge on any atom is 0.273 e. The van der Waals surface area contributed by atoms with Crippen molar-refractivity contribution in [2.75, 3.05) is 13.1 Å². The Bertz CT molecular complexity index is 724. The summed E-state index contributed by atoms with van der Waals surface area (Å²) in [6, 6.07) is 11.3. The van der Waals surface area contributed by atoms with Crippen LogP contribution in [0.1, 0.15) is 24.3 Å². The molecule has 0 spiro atoms. The molecule has 1 aromatic heterocycles. The molecule has 0 radical (unpaired) electrons. The second kappa shape index (κ2) is 4.84. The number of piperazine rings is 1. The molecule has 5 nitrogen and oxygen atoms in total. The number of benzene rings is 1. The molecule has 2 heterocycles. The van der Waals surface area contributed by atoms with E-state index in [1.807, 2.05) is 30.3 Å². The molecule has 1 aliphatic heterocycles. The van der Waals surface area contributed by atoms with Crippen LogP contribution in [0.2, 0.25) is 0 Å². The van der Waals surface area contributed by atoms with Gasteiger partial charge in [0.2, 0.25) is 5.91 Å². The largest absolute Gasteiger partial charge is 0.352 e. The summed E-state index contributed by atoms with van der Waals surface area (Å²) in [5.41, 5.74) is 0.293. The van der Waals surface area contributed by atoms with E-state index in [0.717, 1.165) is 10.9 Å². The van der Waals surface area contributed by atoms with E-state index >= 15 is 0 Å². The minimum absolute atomic E-state index is 0.136. The van der Waals surface area contributed by atoms with Crippen molar-refractivity contribution in [3.63, 3.8) is 0 Å². The molecule has 1 aliphatic rings. The quantitative estimate of drug-likeness (QED) is 0.864. The van der Waals surface area contributed by atoms with Crippen LogP contribution in [-0.4, -0.2) is 40.3 Å². The topological polar surface area (TPSA) is 62.3 Å². The number of aromatic nitrogens is 1. The number of pyridine rings is 1. The van der Waals surface area contributed by atoms with Crippen LogP contribution in [0.4, 0.5) is 0 Å². The zero-order valence-corrected chi connectivity index (χ0v) is 12.1. The molecule has 1 aromatic carbocycles. The second-order valence-electron chi connectivity index (χ2n) is 5.66. The highest BCUT2D eigenvalue weighted by Gasteiger charge is 2.41. The predicted molar refractivity (Wildman–Crippen MR) is 79.9 cm³/mol. The third-order valence-corrected chi connectivity index (χ3v) is 3.91. The van der Waals surface area contributed by atoms with Gasteiger partial charge in [0.1, 0.15) is 11.2 Å². The summed E-state index contributed by atoms with van der Waals surface area (Å²) in [6.07, 6.45) is 0. The monoisotopic (exact) mass is 283 g/mol. The van der Waals surface area contributed by atoms with Crippen LogP contribution >= 0.6 is 0 Å². The zero-order valence-electron chi connectivity index (χ0n) is 12.1. The molecule has 1 saturated heterocycles. The van der Waals surface area contributed by atoms with Gasteiger partial charge in [-0.1, -0.05) is 24.3 Å². The number of hydrogen-bond donors (Lipinski definition) is 1. The molecule has 3 rings (SSSR count). The Morgan fingerprint density at radius 1 is 1.24 bits per heavy atom. The molecule has 0 aliphatic carbocycles. The van der Waals surface area contributed by atoms with Crippen molar-refractivity contribution in [3.8, 4) is 0 Å². The van der Waals surface area contributed by atoms with Crippen LogP contribution in [0, 0.1) is 0 Å². The third-order valence-electron chi connectivity index (χ3n) is 3.91. The summed E-state index contributed by atoms with van der Waals surface area (Å²) in [5.74, 6) is -0.344. The van der Waals surface area contributed by atoms with Crippen molar-refractivity contribution < 1.29 is 9.59 Å². The first-order valence-electron chi connectivity index (χ1n) is 6.96. The first-order chi connectivity index (χ1) is 10.00. The second-order valence-corrected chi connectivity index (χ2v) is 5.66. The number of rotatable bonds is 1. The van der Waals surface area contributed by atoms with E-state index in [1.54, 1.807) is 24.8 Å². The molecule has 1 fully saturated rings. The fraction of sp³-hybridized carbons (Fsp3) is 0.312. The lowest BCUT2D eigenvalue weighted by molar-refractivity contribution is -0.133. The molecule has 108 valence electrons. The number of nitrogens with one attached hydrogen (secondary N) is 1. The number of fused-ring (bicyclic) bond motifs is 1. The molecule has 21 heavy (non-hydrogen) atoms. The van der Waals surface area contributed by atoms with Gasteiger partial charge in [0, 0.05) is 18.5 Å². The predicted octanol–water partition coefficient (Wildman–Crippen LogP) is 1.59. The minimum atomic E-state index is -0.858. The molecule has 2 aromatic rings. The maximum absolute atomic E-state index is 12.7. The van der Waals surface area contributed by atoms with Crippen molar-refractivity contribution in [2.24, 2.45) is 0 Å². The van der Waals surface area contributed by atoms with Crippen molar-refractivity contribution in [1.29, 1.82) is 0 Å². The summed E-state index contributed by atoms with van der Waals surface area (Å²) in [4.78, 5) is 30.6. The van der Waals surface area contributed by atoms with Gasteiger partial charge in [-0.15, -0.1) is 0 Å². The summed E-state index contributed by atoms with van der Waals surface area (Å²) >= 11 is 0. The fourth-order valence-corrected chi connectivity index (χ4v) is 2.58. The standard InChI is InChI=1S/C16H17N3O2/c1-16(2)15(21)17-9-10-19(16)14(20)13-8-7-11-5-3-4-6-12(11)18-13/h3-8H,9-10H2,1-2H3,(H,17,21). The normalized spacial score (nSPS) is 17.6.